The van der Waals surface area contributed by atoms with Crippen molar-refractivity contribution >= 4 is 18.0 Å². The number of carboxylic acid groups (broad SMARTS) is 1. The van der Waals surface area contributed by atoms with Crippen LogP contribution in [-0.4, -0.2) is 34.0 Å². The van der Waals surface area contributed by atoms with Crippen LogP contribution in [0.3, 0.4) is 0 Å². The van der Waals surface area contributed by atoms with Crippen molar-refractivity contribution in [1.29, 1.82) is 0 Å². The van der Waals surface area contributed by atoms with Gasteiger partial charge in [-0.05, 0) is 54.5 Å². The van der Waals surface area contributed by atoms with Crippen LogP contribution in [0, 0.1) is 5.92 Å². The van der Waals surface area contributed by atoms with Gasteiger partial charge in [0.25, 0.3) is 0 Å². The number of nitrogens with zero attached hydrogens (tertiary/aromatic N) is 1. The van der Waals surface area contributed by atoms with E-state index >= 15 is 0 Å². The number of benzene rings is 2. The number of nitrogens with one attached hydrogen (secondary N) is 1. The molecular formula is C24H26N2O5. The van der Waals surface area contributed by atoms with E-state index in [1.54, 1.807) is 18.2 Å². The number of fused-ring (bicyclic) bond motifs is 1. The van der Waals surface area contributed by atoms with Crippen molar-refractivity contribution in [2.24, 2.45) is 5.92 Å². The fourth-order valence-corrected chi connectivity index (χ4v) is 4.36. The van der Waals surface area contributed by atoms with Gasteiger partial charge in [-0.25, -0.2) is 9.59 Å². The van der Waals surface area contributed by atoms with Gasteiger partial charge in [-0.2, -0.15) is 0 Å². The van der Waals surface area contributed by atoms with Crippen LogP contribution in [0.2, 0.25) is 0 Å². The zero-order valence-corrected chi connectivity index (χ0v) is 17.3. The average molecular weight is 422 g/mol. The molecule has 2 aliphatic rings. The van der Waals surface area contributed by atoms with Gasteiger partial charge in [-0.3, -0.25) is 4.79 Å². The summed E-state index contributed by atoms with van der Waals surface area (Å²) in [5.74, 6) is -0.912. The van der Waals surface area contributed by atoms with Crippen LogP contribution in [-0.2, 0) is 29.2 Å². The Labute approximate surface area is 181 Å². The second-order valence-electron chi connectivity index (χ2n) is 8.24. The smallest absolute Gasteiger partial charge is 0.407 e. The van der Waals surface area contributed by atoms with Gasteiger partial charge in [0, 0.05) is 25.0 Å². The topological polar surface area (TPSA) is 95.9 Å². The van der Waals surface area contributed by atoms with E-state index in [9.17, 15) is 14.4 Å². The fourth-order valence-electron chi connectivity index (χ4n) is 4.36. The minimum absolute atomic E-state index is 0.0150. The van der Waals surface area contributed by atoms with Crippen molar-refractivity contribution in [1.82, 2.24) is 10.2 Å². The molecule has 0 spiro atoms. The molecule has 2 amide bonds. The van der Waals surface area contributed by atoms with Crippen molar-refractivity contribution in [2.45, 2.75) is 51.4 Å². The molecule has 2 N–H and O–H groups in total. The summed E-state index contributed by atoms with van der Waals surface area (Å²) < 4.78 is 5.28. The minimum atomic E-state index is -0.958. The second-order valence-corrected chi connectivity index (χ2v) is 8.24. The molecule has 0 radical (unpaired) electrons. The first-order chi connectivity index (χ1) is 15.0. The van der Waals surface area contributed by atoms with Crippen LogP contribution < -0.4 is 5.32 Å². The first-order valence-electron chi connectivity index (χ1n) is 10.6. The monoisotopic (exact) mass is 422 g/mol. The predicted octanol–water partition coefficient (Wildman–Crippen LogP) is 3.71. The third-order valence-corrected chi connectivity index (χ3v) is 6.10. The van der Waals surface area contributed by atoms with Gasteiger partial charge in [0.1, 0.15) is 6.61 Å². The molecule has 1 aliphatic heterocycles. The third kappa shape index (κ3) is 5.05. The number of aromatic carboxylic acids is 1. The lowest BCUT2D eigenvalue weighted by atomic mass is 9.85. The van der Waals surface area contributed by atoms with Crippen molar-refractivity contribution in [2.75, 3.05) is 0 Å². The van der Waals surface area contributed by atoms with E-state index in [4.69, 9.17) is 9.84 Å². The highest BCUT2D eigenvalue weighted by atomic mass is 16.5. The maximum atomic E-state index is 13.0. The summed E-state index contributed by atoms with van der Waals surface area (Å²) in [7, 11) is 0. The quantitative estimate of drug-likeness (QED) is 0.766. The number of carbonyl (C=O) groups is 3. The maximum absolute atomic E-state index is 13.0. The molecule has 0 atom stereocenters. The van der Waals surface area contributed by atoms with E-state index in [-0.39, 0.29) is 30.0 Å². The van der Waals surface area contributed by atoms with Gasteiger partial charge in [-0.15, -0.1) is 0 Å². The maximum Gasteiger partial charge on any atom is 0.407 e. The van der Waals surface area contributed by atoms with E-state index in [1.807, 2.05) is 35.2 Å². The predicted molar refractivity (Wildman–Crippen MR) is 113 cm³/mol. The third-order valence-electron chi connectivity index (χ3n) is 6.10. The normalized spacial score (nSPS) is 20.1. The van der Waals surface area contributed by atoms with Crippen molar-refractivity contribution in [3.8, 4) is 0 Å². The zero-order valence-electron chi connectivity index (χ0n) is 17.3. The molecule has 0 saturated heterocycles. The molecular weight excluding hydrogens is 396 g/mol. The van der Waals surface area contributed by atoms with Crippen molar-refractivity contribution in [3.63, 3.8) is 0 Å². The van der Waals surface area contributed by atoms with Gasteiger partial charge in [-0.1, -0.05) is 36.4 Å². The molecule has 4 rings (SSSR count). The molecule has 2 aromatic rings. The molecule has 162 valence electrons. The molecule has 2 aromatic carbocycles. The molecule has 7 heteroatoms. The minimum Gasteiger partial charge on any atom is -0.478 e. The van der Waals surface area contributed by atoms with Crippen LogP contribution in [0.5, 0.6) is 0 Å². The Hall–Kier alpha value is -3.35. The summed E-state index contributed by atoms with van der Waals surface area (Å²) in [6.45, 7) is 1.22. The summed E-state index contributed by atoms with van der Waals surface area (Å²) >= 11 is 0. The Bertz CT molecular complexity index is 967. The number of hydrogen-bond acceptors (Lipinski definition) is 4. The summed E-state index contributed by atoms with van der Waals surface area (Å²) in [4.78, 5) is 38.0. The highest BCUT2D eigenvalue weighted by Gasteiger charge is 2.33. The molecule has 0 unspecified atom stereocenters. The molecule has 0 bridgehead atoms. The van der Waals surface area contributed by atoms with Gasteiger partial charge in [0.2, 0.25) is 5.91 Å². The first kappa shape index (κ1) is 20.9. The summed E-state index contributed by atoms with van der Waals surface area (Å²) in [5.41, 5.74) is 3.10. The van der Waals surface area contributed by atoms with E-state index in [0.29, 0.717) is 13.1 Å². The molecule has 7 nitrogen and oxygen atoms in total. The summed E-state index contributed by atoms with van der Waals surface area (Å²) in [6, 6.07) is 14.6. The van der Waals surface area contributed by atoms with Gasteiger partial charge in [0.05, 0.1) is 5.56 Å². The molecule has 0 aromatic heterocycles. The number of carboxylic acids is 1. The molecule has 1 fully saturated rings. The Morgan fingerprint density at radius 2 is 1.68 bits per heavy atom. The highest BCUT2D eigenvalue weighted by Crippen LogP contribution is 2.30. The van der Waals surface area contributed by atoms with E-state index in [0.717, 1.165) is 42.4 Å². The molecule has 1 aliphatic carbocycles. The van der Waals surface area contributed by atoms with Crippen LogP contribution in [0.4, 0.5) is 4.79 Å². The summed E-state index contributed by atoms with van der Waals surface area (Å²) in [6.07, 6.45) is 2.48. The SMILES string of the molecule is O=C(NC1CCC(C(=O)N2Cc3ccc(C(=O)O)cc3C2)CC1)OCc1ccccc1. The first-order valence-corrected chi connectivity index (χ1v) is 10.6. The number of hydrogen-bond donors (Lipinski definition) is 2. The number of ether oxygens (including phenoxy) is 1. The van der Waals surface area contributed by atoms with Gasteiger partial charge >= 0.3 is 12.1 Å². The lowest BCUT2D eigenvalue weighted by molar-refractivity contribution is -0.137. The molecule has 1 saturated carbocycles. The fraction of sp³-hybridized carbons (Fsp3) is 0.375. The zero-order chi connectivity index (χ0) is 21.8. The van der Waals surface area contributed by atoms with E-state index < -0.39 is 12.1 Å². The van der Waals surface area contributed by atoms with Crippen LogP contribution >= 0.6 is 0 Å². The Morgan fingerprint density at radius 3 is 2.39 bits per heavy atom. The number of carbonyl (C=O) groups excluding carboxylic acids is 2. The van der Waals surface area contributed by atoms with Crippen molar-refractivity contribution in [3.05, 3.63) is 70.8 Å². The lowest BCUT2D eigenvalue weighted by Crippen LogP contribution is -2.41. The van der Waals surface area contributed by atoms with E-state index in [2.05, 4.69) is 5.32 Å². The summed E-state index contributed by atoms with van der Waals surface area (Å²) in [5, 5.41) is 12.1. The molecule has 1 heterocycles. The van der Waals surface area contributed by atoms with Gasteiger partial charge < -0.3 is 20.1 Å². The van der Waals surface area contributed by atoms with Crippen LogP contribution in [0.15, 0.2) is 48.5 Å². The number of amides is 2. The standard InChI is InChI=1S/C24H26N2O5/c27-22(26-13-19-7-6-18(23(28)29)12-20(19)14-26)17-8-10-21(11-9-17)25-24(30)31-15-16-4-2-1-3-5-16/h1-7,12,17,21H,8-11,13-15H2,(H,25,30)(H,28,29). The molecule has 31 heavy (non-hydrogen) atoms. The number of alkyl carbamates (subject to hydrolysis) is 1. The van der Waals surface area contributed by atoms with Crippen LogP contribution in [0.25, 0.3) is 0 Å². The Morgan fingerprint density at radius 1 is 0.968 bits per heavy atom. The van der Waals surface area contributed by atoms with Gasteiger partial charge in [0.15, 0.2) is 0 Å². The largest absolute Gasteiger partial charge is 0.478 e. The number of rotatable bonds is 5. The Kier molecular flexibility index (Phi) is 6.21. The second kappa shape index (κ2) is 9.20. The average Bonchev–Trinajstić information content (AvgIpc) is 3.22. The van der Waals surface area contributed by atoms with E-state index in [1.165, 1.54) is 0 Å². The van der Waals surface area contributed by atoms with Crippen LogP contribution in [0.1, 0.15) is 52.7 Å². The lowest BCUT2D eigenvalue weighted by Gasteiger charge is -2.30. The highest BCUT2D eigenvalue weighted by molar-refractivity contribution is 5.88. The Balaban J connectivity index is 1.23. The van der Waals surface area contributed by atoms with Crippen molar-refractivity contribution < 1.29 is 24.2 Å².